The molecule has 1 aliphatic heterocycles. The minimum Gasteiger partial charge on any atom is -0.326 e. The van der Waals surface area contributed by atoms with Gasteiger partial charge in [-0.25, -0.2) is 0 Å². The van der Waals surface area contributed by atoms with E-state index in [9.17, 15) is 0 Å². The van der Waals surface area contributed by atoms with Crippen molar-refractivity contribution in [3.8, 4) is 0 Å². The monoisotopic (exact) mass is 140 g/mol. The molecule has 2 nitrogen and oxygen atoms in total. The van der Waals surface area contributed by atoms with Crippen LogP contribution in [-0.4, -0.2) is 30.1 Å². The molecular weight excluding hydrogens is 124 g/mol. The summed E-state index contributed by atoms with van der Waals surface area (Å²) in [5.74, 6) is 0. The zero-order chi connectivity index (χ0) is 6.97. The summed E-state index contributed by atoms with van der Waals surface area (Å²) in [7, 11) is 0. The number of nitrogens with two attached hydrogens (primary N) is 1. The van der Waals surface area contributed by atoms with Crippen molar-refractivity contribution in [3.05, 3.63) is 0 Å². The second kappa shape index (κ2) is 2.51. The van der Waals surface area contributed by atoms with Crippen LogP contribution in [0.5, 0.6) is 0 Å². The molecule has 1 saturated carbocycles. The van der Waals surface area contributed by atoms with Gasteiger partial charge in [0.2, 0.25) is 0 Å². The molecule has 10 heavy (non-hydrogen) atoms. The molecular formula is C8H16N2. The van der Waals surface area contributed by atoms with Gasteiger partial charge in [-0.1, -0.05) is 0 Å². The minimum atomic E-state index is 0.498. The normalized spacial score (nSPS) is 41.7. The molecule has 2 rings (SSSR count). The van der Waals surface area contributed by atoms with Crippen molar-refractivity contribution in [2.45, 2.75) is 37.8 Å². The average molecular weight is 140 g/mol. The molecule has 1 heterocycles. The van der Waals surface area contributed by atoms with E-state index in [0.717, 1.165) is 6.04 Å². The van der Waals surface area contributed by atoms with Crippen molar-refractivity contribution in [2.24, 2.45) is 5.73 Å². The van der Waals surface area contributed by atoms with Crippen LogP contribution in [0.4, 0.5) is 0 Å². The van der Waals surface area contributed by atoms with Crippen molar-refractivity contribution in [2.75, 3.05) is 13.1 Å². The fourth-order valence-electron chi connectivity index (χ4n) is 2.03. The Bertz CT molecular complexity index is 118. The van der Waals surface area contributed by atoms with Gasteiger partial charge in [0.1, 0.15) is 0 Å². The molecule has 1 saturated heterocycles. The minimum absolute atomic E-state index is 0.498. The first-order chi connectivity index (χ1) is 4.88. The first kappa shape index (κ1) is 6.62. The third-order valence-corrected chi connectivity index (χ3v) is 2.90. The third-order valence-electron chi connectivity index (χ3n) is 2.90. The van der Waals surface area contributed by atoms with Crippen LogP contribution in [0.2, 0.25) is 0 Å². The van der Waals surface area contributed by atoms with Gasteiger partial charge in [-0.3, -0.25) is 4.90 Å². The van der Waals surface area contributed by atoms with Crippen LogP contribution >= 0.6 is 0 Å². The summed E-state index contributed by atoms with van der Waals surface area (Å²) < 4.78 is 0. The van der Waals surface area contributed by atoms with E-state index in [1.807, 2.05) is 0 Å². The van der Waals surface area contributed by atoms with Gasteiger partial charge in [0.25, 0.3) is 0 Å². The van der Waals surface area contributed by atoms with E-state index in [1.54, 1.807) is 0 Å². The predicted octanol–water partition coefficient (Wildman–Crippen LogP) is 0.572. The third kappa shape index (κ3) is 0.956. The maximum absolute atomic E-state index is 5.86. The van der Waals surface area contributed by atoms with Crippen LogP contribution in [0, 0.1) is 0 Å². The fourth-order valence-corrected chi connectivity index (χ4v) is 2.03. The number of likely N-dealkylation sites (tertiary alicyclic amines) is 1. The molecule has 2 unspecified atom stereocenters. The lowest BCUT2D eigenvalue weighted by Crippen LogP contribution is -2.53. The molecule has 2 fully saturated rings. The highest BCUT2D eigenvalue weighted by molar-refractivity contribution is 4.93. The Morgan fingerprint density at radius 1 is 1.10 bits per heavy atom. The highest BCUT2D eigenvalue weighted by Gasteiger charge is 2.33. The van der Waals surface area contributed by atoms with E-state index < -0.39 is 0 Å². The van der Waals surface area contributed by atoms with Crippen molar-refractivity contribution in [1.82, 2.24) is 4.90 Å². The number of hydrogen-bond acceptors (Lipinski definition) is 2. The predicted molar refractivity (Wildman–Crippen MR) is 41.8 cm³/mol. The summed E-state index contributed by atoms with van der Waals surface area (Å²) in [6.45, 7) is 2.61. The van der Waals surface area contributed by atoms with Gasteiger partial charge in [0.15, 0.2) is 0 Å². The molecule has 2 aliphatic rings. The first-order valence-corrected chi connectivity index (χ1v) is 4.37. The molecule has 0 radical (unpaired) electrons. The summed E-state index contributed by atoms with van der Waals surface area (Å²) in [5, 5.41) is 0. The topological polar surface area (TPSA) is 29.3 Å². The highest BCUT2D eigenvalue weighted by Crippen LogP contribution is 2.26. The average Bonchev–Trinajstić information content (AvgIpc) is 2.37. The Labute approximate surface area is 62.4 Å². The Kier molecular flexibility index (Phi) is 1.66. The van der Waals surface area contributed by atoms with Crippen LogP contribution in [0.1, 0.15) is 25.7 Å². The van der Waals surface area contributed by atoms with Gasteiger partial charge in [-0.15, -0.1) is 0 Å². The second-order valence-corrected chi connectivity index (χ2v) is 3.55. The molecule has 2 heteroatoms. The van der Waals surface area contributed by atoms with Gasteiger partial charge in [0, 0.05) is 12.1 Å². The van der Waals surface area contributed by atoms with Crippen molar-refractivity contribution >= 4 is 0 Å². The summed E-state index contributed by atoms with van der Waals surface area (Å²) in [6.07, 6.45) is 5.38. The molecule has 0 spiro atoms. The molecule has 2 atom stereocenters. The molecule has 1 aliphatic carbocycles. The molecule has 2 N–H and O–H groups in total. The van der Waals surface area contributed by atoms with Gasteiger partial charge in [-0.2, -0.15) is 0 Å². The van der Waals surface area contributed by atoms with Crippen LogP contribution in [0.3, 0.4) is 0 Å². The van der Waals surface area contributed by atoms with E-state index >= 15 is 0 Å². The van der Waals surface area contributed by atoms with Crippen LogP contribution in [0.15, 0.2) is 0 Å². The number of hydrogen-bond donors (Lipinski definition) is 1. The van der Waals surface area contributed by atoms with E-state index in [2.05, 4.69) is 4.90 Å². The quantitative estimate of drug-likeness (QED) is 0.577. The standard InChI is InChI=1S/C8H16N2/c9-7-3-4-8(7)10-5-1-2-6-10/h7-8H,1-6,9H2. The Morgan fingerprint density at radius 3 is 2.20 bits per heavy atom. The van der Waals surface area contributed by atoms with E-state index in [1.165, 1.54) is 38.8 Å². The Balaban J connectivity index is 1.86. The van der Waals surface area contributed by atoms with E-state index in [4.69, 9.17) is 5.73 Å². The van der Waals surface area contributed by atoms with E-state index in [0.29, 0.717) is 6.04 Å². The molecule has 0 amide bonds. The number of nitrogens with zero attached hydrogens (tertiary/aromatic N) is 1. The maximum Gasteiger partial charge on any atom is 0.0247 e. The van der Waals surface area contributed by atoms with Gasteiger partial charge < -0.3 is 5.73 Å². The van der Waals surface area contributed by atoms with Gasteiger partial charge in [-0.05, 0) is 38.8 Å². The maximum atomic E-state index is 5.86. The van der Waals surface area contributed by atoms with Crippen molar-refractivity contribution < 1.29 is 0 Å². The zero-order valence-electron chi connectivity index (χ0n) is 6.42. The summed E-state index contributed by atoms with van der Waals surface area (Å²) in [6, 6.07) is 1.25. The molecule has 0 bridgehead atoms. The van der Waals surface area contributed by atoms with E-state index in [-0.39, 0.29) is 0 Å². The molecule has 58 valence electrons. The highest BCUT2D eigenvalue weighted by atomic mass is 15.2. The summed E-state index contributed by atoms with van der Waals surface area (Å²) in [5.41, 5.74) is 5.86. The zero-order valence-corrected chi connectivity index (χ0v) is 6.42. The SMILES string of the molecule is NC1CCC1N1CCCC1. The fraction of sp³-hybridized carbons (Fsp3) is 1.00. The molecule has 0 aromatic rings. The lowest BCUT2D eigenvalue weighted by Gasteiger charge is -2.40. The van der Waals surface area contributed by atoms with Gasteiger partial charge >= 0.3 is 0 Å². The Morgan fingerprint density at radius 2 is 1.80 bits per heavy atom. The summed E-state index contributed by atoms with van der Waals surface area (Å²) >= 11 is 0. The largest absolute Gasteiger partial charge is 0.326 e. The smallest absolute Gasteiger partial charge is 0.0247 e. The molecule has 0 aromatic carbocycles. The van der Waals surface area contributed by atoms with Crippen LogP contribution in [-0.2, 0) is 0 Å². The first-order valence-electron chi connectivity index (χ1n) is 4.37. The van der Waals surface area contributed by atoms with Crippen LogP contribution in [0.25, 0.3) is 0 Å². The summed E-state index contributed by atoms with van der Waals surface area (Å²) in [4.78, 5) is 2.56. The van der Waals surface area contributed by atoms with Crippen molar-refractivity contribution in [3.63, 3.8) is 0 Å². The second-order valence-electron chi connectivity index (χ2n) is 3.55. The van der Waals surface area contributed by atoms with Crippen LogP contribution < -0.4 is 5.73 Å². The Hall–Kier alpha value is -0.0800. The molecule has 0 aromatic heterocycles. The lowest BCUT2D eigenvalue weighted by molar-refractivity contribution is 0.131. The lowest BCUT2D eigenvalue weighted by atomic mass is 9.86. The van der Waals surface area contributed by atoms with Gasteiger partial charge in [0.05, 0.1) is 0 Å². The number of rotatable bonds is 1. The van der Waals surface area contributed by atoms with Crippen molar-refractivity contribution in [1.29, 1.82) is 0 Å².